The number of aromatic nitrogens is 3. The van der Waals surface area contributed by atoms with Gasteiger partial charge in [-0.05, 0) is 55.3 Å². The standard InChI is InChI=1S/C28H25N7O4S/c1-2-21(36)32-18-6-3-4-7-19(18)35-24-23-20(13-15-30-27(23)40-25(24)26(29)37)34(28(35)38)16-9-11-17(12-10-16)39-22-8-5-14-31-33-22/h2,5,8-15,18-19H,1,3-4,6-7H2,(H2,29,37)(H,32,36)/t18-,19+/m0/s1. The number of benzene rings is 1. The fraction of sp³-hybridized carbons (Fsp3) is 0.214. The quantitative estimate of drug-likeness (QED) is 0.315. The molecule has 11 nitrogen and oxygen atoms in total. The summed E-state index contributed by atoms with van der Waals surface area (Å²) in [6.07, 6.45) is 7.47. The van der Waals surface area contributed by atoms with Crippen molar-refractivity contribution in [3.8, 4) is 11.6 Å². The van der Waals surface area contributed by atoms with Crippen molar-refractivity contribution in [3.05, 3.63) is 72.4 Å². The van der Waals surface area contributed by atoms with E-state index in [2.05, 4.69) is 27.1 Å². The normalized spacial score (nSPS) is 18.4. The van der Waals surface area contributed by atoms with Gasteiger partial charge in [-0.15, -0.1) is 16.4 Å². The number of carbonyl (C=O) groups is 3. The summed E-state index contributed by atoms with van der Waals surface area (Å²) in [7, 11) is 0. The second kappa shape index (κ2) is 10.4. The Morgan fingerprint density at radius 3 is 2.65 bits per heavy atom. The van der Waals surface area contributed by atoms with Crippen molar-refractivity contribution in [1.82, 2.24) is 20.5 Å². The number of rotatable bonds is 7. The first-order valence-corrected chi connectivity index (χ1v) is 13.6. The molecule has 0 saturated heterocycles. The molecule has 0 spiro atoms. The number of thiophene rings is 1. The van der Waals surface area contributed by atoms with Gasteiger partial charge in [-0.2, -0.15) is 5.10 Å². The minimum Gasteiger partial charge on any atom is -0.438 e. The van der Waals surface area contributed by atoms with Crippen LogP contribution in [0.1, 0.15) is 35.4 Å². The Hall–Kier alpha value is -4.84. The third-order valence-corrected chi connectivity index (χ3v) is 8.19. The van der Waals surface area contributed by atoms with Crippen LogP contribution >= 0.6 is 11.3 Å². The number of nitrogens with two attached hydrogens (primary N) is 1. The molecule has 1 fully saturated rings. The molecule has 3 N–H and O–H groups in total. The lowest BCUT2D eigenvalue weighted by Gasteiger charge is -2.44. The van der Waals surface area contributed by atoms with Gasteiger partial charge in [0.05, 0.1) is 34.5 Å². The van der Waals surface area contributed by atoms with Gasteiger partial charge in [-0.3, -0.25) is 19.4 Å². The molecule has 2 atom stereocenters. The van der Waals surface area contributed by atoms with Crippen LogP contribution in [-0.2, 0) is 4.79 Å². The maximum Gasteiger partial charge on any atom is 0.334 e. The molecule has 4 aromatic rings. The minimum absolute atomic E-state index is 0.259. The van der Waals surface area contributed by atoms with Crippen LogP contribution in [0, 0.1) is 0 Å². The fourth-order valence-corrected chi connectivity index (χ4v) is 6.40. The number of primary amides is 1. The Morgan fingerprint density at radius 2 is 1.93 bits per heavy atom. The van der Waals surface area contributed by atoms with E-state index in [1.807, 2.05) is 0 Å². The molecule has 202 valence electrons. The van der Waals surface area contributed by atoms with Crippen LogP contribution in [0.25, 0.3) is 10.2 Å². The zero-order valence-electron chi connectivity index (χ0n) is 21.3. The molecule has 40 heavy (non-hydrogen) atoms. The molecule has 1 saturated carbocycles. The number of hydrogen-bond acceptors (Lipinski definition) is 8. The van der Waals surface area contributed by atoms with E-state index in [1.54, 1.807) is 64.7 Å². The summed E-state index contributed by atoms with van der Waals surface area (Å²) in [5.74, 6) is -0.0805. The van der Waals surface area contributed by atoms with Crippen molar-refractivity contribution in [1.29, 1.82) is 0 Å². The average Bonchev–Trinajstić information content (AvgIpc) is 3.36. The fourth-order valence-electron chi connectivity index (χ4n) is 5.39. The van der Waals surface area contributed by atoms with Crippen molar-refractivity contribution < 1.29 is 19.1 Å². The molecular weight excluding hydrogens is 530 g/mol. The van der Waals surface area contributed by atoms with Gasteiger partial charge in [0.1, 0.15) is 15.5 Å². The maximum absolute atomic E-state index is 14.5. The number of pyridine rings is 1. The average molecular weight is 556 g/mol. The van der Waals surface area contributed by atoms with Crippen LogP contribution < -0.4 is 25.6 Å². The topological polar surface area (TPSA) is 144 Å². The number of nitrogens with zero attached hydrogens (tertiary/aromatic N) is 5. The molecular formula is C28H25N7O4S. The third kappa shape index (κ3) is 4.41. The van der Waals surface area contributed by atoms with E-state index in [4.69, 9.17) is 10.5 Å². The van der Waals surface area contributed by atoms with Crippen molar-refractivity contribution in [2.24, 2.45) is 5.73 Å². The predicted octanol–water partition coefficient (Wildman–Crippen LogP) is 4.67. The first kappa shape index (κ1) is 25.4. The van der Waals surface area contributed by atoms with Crippen LogP contribution in [0.5, 0.6) is 11.6 Å². The molecule has 3 aromatic heterocycles. The smallest absolute Gasteiger partial charge is 0.334 e. The summed E-state index contributed by atoms with van der Waals surface area (Å²) in [6, 6.07) is 11.1. The van der Waals surface area contributed by atoms with E-state index in [1.165, 1.54) is 6.08 Å². The molecule has 4 heterocycles. The van der Waals surface area contributed by atoms with Gasteiger partial charge in [0, 0.05) is 18.5 Å². The number of ether oxygens (including phenoxy) is 1. The van der Waals surface area contributed by atoms with E-state index in [0.29, 0.717) is 51.7 Å². The molecule has 1 aliphatic heterocycles. The zero-order valence-corrected chi connectivity index (χ0v) is 22.1. The Bertz CT molecular complexity index is 1620. The molecule has 1 aliphatic carbocycles. The van der Waals surface area contributed by atoms with Gasteiger partial charge in [0.2, 0.25) is 11.8 Å². The highest BCUT2D eigenvalue weighted by Gasteiger charge is 2.44. The second-order valence-electron chi connectivity index (χ2n) is 9.47. The van der Waals surface area contributed by atoms with Gasteiger partial charge in [-0.25, -0.2) is 9.78 Å². The summed E-state index contributed by atoms with van der Waals surface area (Å²) in [6.45, 7) is 3.57. The number of carbonyl (C=O) groups excluding carboxylic acids is 3. The molecule has 4 amide bonds. The Labute approximate surface area is 233 Å². The lowest BCUT2D eigenvalue weighted by molar-refractivity contribution is -0.117. The lowest BCUT2D eigenvalue weighted by atomic mass is 9.88. The highest BCUT2D eigenvalue weighted by atomic mass is 32.1. The van der Waals surface area contributed by atoms with Crippen LogP contribution in [-0.4, -0.2) is 45.1 Å². The summed E-state index contributed by atoms with van der Waals surface area (Å²) in [4.78, 5) is 48.0. The maximum atomic E-state index is 14.5. The molecule has 2 aliphatic rings. The van der Waals surface area contributed by atoms with Crippen molar-refractivity contribution in [2.45, 2.75) is 37.8 Å². The first-order chi connectivity index (χ1) is 19.5. The van der Waals surface area contributed by atoms with E-state index < -0.39 is 11.9 Å². The van der Waals surface area contributed by atoms with Gasteiger partial charge in [0.25, 0.3) is 5.91 Å². The number of hydrogen-bond donors (Lipinski definition) is 2. The summed E-state index contributed by atoms with van der Waals surface area (Å²) < 4.78 is 5.77. The molecule has 0 bridgehead atoms. The lowest BCUT2D eigenvalue weighted by Crippen LogP contribution is -2.58. The summed E-state index contributed by atoms with van der Waals surface area (Å²) >= 11 is 1.16. The van der Waals surface area contributed by atoms with E-state index >= 15 is 0 Å². The minimum atomic E-state index is -0.636. The van der Waals surface area contributed by atoms with E-state index in [9.17, 15) is 14.4 Å². The summed E-state index contributed by atoms with van der Waals surface area (Å²) in [5.41, 5.74) is 7.45. The highest BCUT2D eigenvalue weighted by Crippen LogP contribution is 2.50. The van der Waals surface area contributed by atoms with E-state index in [0.717, 1.165) is 24.2 Å². The van der Waals surface area contributed by atoms with Gasteiger partial charge in [0.15, 0.2) is 0 Å². The van der Waals surface area contributed by atoms with Gasteiger partial charge >= 0.3 is 6.03 Å². The van der Waals surface area contributed by atoms with Crippen LogP contribution in [0.4, 0.5) is 21.9 Å². The molecule has 0 unspecified atom stereocenters. The molecule has 0 radical (unpaired) electrons. The molecule has 12 heteroatoms. The zero-order chi connectivity index (χ0) is 27.8. The Balaban J connectivity index is 1.46. The second-order valence-corrected chi connectivity index (χ2v) is 10.5. The van der Waals surface area contributed by atoms with E-state index in [-0.39, 0.29) is 22.9 Å². The first-order valence-electron chi connectivity index (χ1n) is 12.8. The third-order valence-electron chi connectivity index (χ3n) is 7.09. The number of nitrogens with one attached hydrogen (secondary N) is 1. The summed E-state index contributed by atoms with van der Waals surface area (Å²) in [5, 5.41) is 11.4. The SMILES string of the molecule is C=CC(=O)N[C@H]1CCCC[C@H]1N1C(=O)N(c2ccc(Oc3cccnn3)cc2)c2ccnc3sc(C(N)=O)c1c23. The highest BCUT2D eigenvalue weighted by molar-refractivity contribution is 7.21. The number of amides is 4. The number of anilines is 3. The largest absolute Gasteiger partial charge is 0.438 e. The van der Waals surface area contributed by atoms with Crippen LogP contribution in [0.2, 0.25) is 0 Å². The monoisotopic (exact) mass is 555 g/mol. The van der Waals surface area contributed by atoms with Crippen molar-refractivity contribution in [2.75, 3.05) is 9.80 Å². The van der Waals surface area contributed by atoms with Gasteiger partial charge in [-0.1, -0.05) is 19.4 Å². The molecule has 6 rings (SSSR count). The van der Waals surface area contributed by atoms with Crippen LogP contribution in [0.3, 0.4) is 0 Å². The van der Waals surface area contributed by atoms with Gasteiger partial charge < -0.3 is 15.8 Å². The van der Waals surface area contributed by atoms with Crippen molar-refractivity contribution >= 4 is 56.5 Å². The predicted molar refractivity (Wildman–Crippen MR) is 151 cm³/mol. The Morgan fingerprint density at radius 1 is 1.12 bits per heavy atom. The Kier molecular flexibility index (Phi) is 6.60. The number of urea groups is 1. The van der Waals surface area contributed by atoms with Crippen LogP contribution in [0.15, 0.2) is 67.5 Å². The molecule has 1 aromatic carbocycles. The van der Waals surface area contributed by atoms with Crippen molar-refractivity contribution in [3.63, 3.8) is 0 Å².